The van der Waals surface area contributed by atoms with Crippen molar-refractivity contribution in [3.63, 3.8) is 0 Å². The number of benzene rings is 1. The lowest BCUT2D eigenvalue weighted by molar-refractivity contribution is -0.153. The van der Waals surface area contributed by atoms with E-state index in [-0.39, 0.29) is 17.7 Å². The third kappa shape index (κ3) is 5.26. The molecule has 1 aromatic heterocycles. The van der Waals surface area contributed by atoms with E-state index in [2.05, 4.69) is 10.3 Å². The van der Waals surface area contributed by atoms with Gasteiger partial charge in [-0.1, -0.05) is 12.1 Å². The molecule has 1 N–H and O–H groups in total. The van der Waals surface area contributed by atoms with Crippen molar-refractivity contribution >= 4 is 5.91 Å². The Morgan fingerprint density at radius 1 is 1.29 bits per heavy atom. The van der Waals surface area contributed by atoms with E-state index < -0.39 is 12.8 Å². The van der Waals surface area contributed by atoms with Gasteiger partial charge in [0.15, 0.2) is 6.61 Å². The zero-order chi connectivity index (χ0) is 17.7. The van der Waals surface area contributed by atoms with Crippen molar-refractivity contribution in [1.29, 1.82) is 0 Å². The predicted molar refractivity (Wildman–Crippen MR) is 82.8 cm³/mol. The molecule has 0 spiro atoms. The van der Waals surface area contributed by atoms with Crippen molar-refractivity contribution in [2.24, 2.45) is 0 Å². The fraction of sp³-hybridized carbons (Fsp3) is 0.294. The van der Waals surface area contributed by atoms with E-state index in [0.717, 1.165) is 5.69 Å². The summed E-state index contributed by atoms with van der Waals surface area (Å²) in [4.78, 5) is 16.2. The highest BCUT2D eigenvalue weighted by Crippen LogP contribution is 2.22. The molecule has 1 atom stereocenters. The smallest absolute Gasteiger partial charge is 0.422 e. The van der Waals surface area contributed by atoms with Crippen molar-refractivity contribution in [3.8, 4) is 5.75 Å². The number of pyridine rings is 1. The molecule has 0 radical (unpaired) electrons. The summed E-state index contributed by atoms with van der Waals surface area (Å²) in [7, 11) is 0. The minimum Gasteiger partial charge on any atom is -0.484 e. The van der Waals surface area contributed by atoms with Crippen LogP contribution in [0.2, 0.25) is 0 Å². The number of aromatic nitrogens is 1. The van der Waals surface area contributed by atoms with Gasteiger partial charge in [-0.25, -0.2) is 0 Å². The third-order valence-corrected chi connectivity index (χ3v) is 3.27. The second-order valence-corrected chi connectivity index (χ2v) is 5.36. The molecule has 4 nitrogen and oxygen atoms in total. The maximum Gasteiger partial charge on any atom is 0.422 e. The zero-order valence-corrected chi connectivity index (χ0v) is 13.2. The highest BCUT2D eigenvalue weighted by molar-refractivity contribution is 5.94. The molecule has 1 heterocycles. The summed E-state index contributed by atoms with van der Waals surface area (Å²) in [5.74, 6) is -0.180. The number of halogens is 3. The van der Waals surface area contributed by atoms with Crippen LogP contribution in [-0.2, 0) is 0 Å². The standard InChI is InChI=1S/C17H17F3N2O2/c1-11-8-14(6-7-21-11)16(23)22-12(2)13-4-3-5-15(9-13)24-10-17(18,19)20/h3-9,12H,10H2,1-2H3,(H,22,23). The number of aryl methyl sites for hydroxylation is 1. The van der Waals surface area contributed by atoms with Gasteiger partial charge in [0.1, 0.15) is 5.75 Å². The molecule has 7 heteroatoms. The summed E-state index contributed by atoms with van der Waals surface area (Å²) >= 11 is 0. The van der Waals surface area contributed by atoms with Crippen LogP contribution >= 0.6 is 0 Å². The van der Waals surface area contributed by atoms with Crippen molar-refractivity contribution in [3.05, 3.63) is 59.4 Å². The van der Waals surface area contributed by atoms with E-state index in [1.54, 1.807) is 44.3 Å². The fourth-order valence-corrected chi connectivity index (χ4v) is 2.09. The number of hydrogen-bond acceptors (Lipinski definition) is 3. The van der Waals surface area contributed by atoms with Crippen LogP contribution in [0.3, 0.4) is 0 Å². The number of carbonyl (C=O) groups is 1. The van der Waals surface area contributed by atoms with E-state index in [9.17, 15) is 18.0 Å². The molecule has 128 valence electrons. The molecule has 2 rings (SSSR count). The summed E-state index contributed by atoms with van der Waals surface area (Å²) < 4.78 is 41.3. The monoisotopic (exact) mass is 338 g/mol. The van der Waals surface area contributed by atoms with Crippen LogP contribution in [0.5, 0.6) is 5.75 Å². The number of nitrogens with one attached hydrogen (secondary N) is 1. The van der Waals surface area contributed by atoms with Gasteiger partial charge in [0, 0.05) is 17.5 Å². The first-order valence-electron chi connectivity index (χ1n) is 7.27. The van der Waals surface area contributed by atoms with Crippen LogP contribution in [0.15, 0.2) is 42.6 Å². The number of rotatable bonds is 5. The van der Waals surface area contributed by atoms with Crippen molar-refractivity contribution in [1.82, 2.24) is 10.3 Å². The van der Waals surface area contributed by atoms with Gasteiger partial charge in [0.25, 0.3) is 5.91 Å². The number of alkyl halides is 3. The van der Waals surface area contributed by atoms with Crippen molar-refractivity contribution in [2.45, 2.75) is 26.1 Å². The first-order valence-corrected chi connectivity index (χ1v) is 7.27. The lowest BCUT2D eigenvalue weighted by Crippen LogP contribution is -2.26. The lowest BCUT2D eigenvalue weighted by atomic mass is 10.1. The quantitative estimate of drug-likeness (QED) is 0.902. The first kappa shape index (κ1) is 17.8. The second kappa shape index (κ2) is 7.33. The molecular weight excluding hydrogens is 321 g/mol. The van der Waals surface area contributed by atoms with Crippen LogP contribution in [0.25, 0.3) is 0 Å². The van der Waals surface area contributed by atoms with E-state index in [4.69, 9.17) is 4.74 Å². The van der Waals surface area contributed by atoms with Crippen LogP contribution in [0.1, 0.15) is 34.6 Å². The van der Waals surface area contributed by atoms with Gasteiger partial charge in [-0.05, 0) is 43.7 Å². The van der Waals surface area contributed by atoms with Gasteiger partial charge >= 0.3 is 6.18 Å². The van der Waals surface area contributed by atoms with Gasteiger partial charge in [0.2, 0.25) is 0 Å². The number of carbonyl (C=O) groups excluding carboxylic acids is 1. The van der Waals surface area contributed by atoms with Crippen LogP contribution in [-0.4, -0.2) is 23.7 Å². The molecule has 0 fully saturated rings. The molecular formula is C17H17F3N2O2. The van der Waals surface area contributed by atoms with E-state index in [1.807, 2.05) is 0 Å². The van der Waals surface area contributed by atoms with Gasteiger partial charge in [-0.3, -0.25) is 9.78 Å². The van der Waals surface area contributed by atoms with Gasteiger partial charge < -0.3 is 10.1 Å². The Hall–Kier alpha value is -2.57. The summed E-state index contributed by atoms with van der Waals surface area (Å²) in [6.07, 6.45) is -2.85. The predicted octanol–water partition coefficient (Wildman–Crippen LogP) is 3.82. The van der Waals surface area contributed by atoms with Gasteiger partial charge in [-0.2, -0.15) is 13.2 Å². The molecule has 1 aromatic carbocycles. The molecule has 1 unspecified atom stereocenters. The molecule has 0 aliphatic carbocycles. The largest absolute Gasteiger partial charge is 0.484 e. The SMILES string of the molecule is Cc1cc(C(=O)NC(C)c2cccc(OCC(F)(F)F)c2)ccn1. The number of hydrogen-bond donors (Lipinski definition) is 1. The summed E-state index contributed by atoms with van der Waals surface area (Å²) in [6.45, 7) is 2.17. The number of ether oxygens (including phenoxy) is 1. The highest BCUT2D eigenvalue weighted by atomic mass is 19.4. The Morgan fingerprint density at radius 3 is 2.71 bits per heavy atom. The Labute approximate surface area is 137 Å². The van der Waals surface area contributed by atoms with Crippen LogP contribution in [0.4, 0.5) is 13.2 Å². The van der Waals surface area contributed by atoms with Crippen LogP contribution in [0, 0.1) is 6.92 Å². The lowest BCUT2D eigenvalue weighted by Gasteiger charge is -2.16. The molecule has 2 aromatic rings. The third-order valence-electron chi connectivity index (χ3n) is 3.27. The highest BCUT2D eigenvalue weighted by Gasteiger charge is 2.28. The maximum absolute atomic E-state index is 12.2. The average Bonchev–Trinajstić information content (AvgIpc) is 2.52. The van der Waals surface area contributed by atoms with Crippen molar-refractivity contribution < 1.29 is 22.7 Å². The second-order valence-electron chi connectivity index (χ2n) is 5.36. The molecule has 0 saturated heterocycles. The number of nitrogens with zero attached hydrogens (tertiary/aromatic N) is 1. The molecule has 0 saturated carbocycles. The van der Waals surface area contributed by atoms with Gasteiger partial charge in [0.05, 0.1) is 6.04 Å². The molecule has 24 heavy (non-hydrogen) atoms. The Bertz CT molecular complexity index is 717. The topological polar surface area (TPSA) is 51.2 Å². The van der Waals surface area contributed by atoms with Crippen LogP contribution < -0.4 is 10.1 Å². The Kier molecular flexibility index (Phi) is 5.43. The molecule has 0 bridgehead atoms. The molecule has 0 aliphatic rings. The summed E-state index contributed by atoms with van der Waals surface area (Å²) in [5.41, 5.74) is 1.84. The van der Waals surface area contributed by atoms with E-state index in [0.29, 0.717) is 11.1 Å². The normalized spacial score (nSPS) is 12.5. The minimum absolute atomic E-state index is 0.102. The first-order chi connectivity index (χ1) is 11.2. The fourth-order valence-electron chi connectivity index (χ4n) is 2.09. The molecule has 0 aliphatic heterocycles. The molecule has 1 amide bonds. The van der Waals surface area contributed by atoms with E-state index >= 15 is 0 Å². The Balaban J connectivity index is 2.04. The van der Waals surface area contributed by atoms with Gasteiger partial charge in [-0.15, -0.1) is 0 Å². The average molecular weight is 338 g/mol. The maximum atomic E-state index is 12.2. The minimum atomic E-state index is -4.39. The van der Waals surface area contributed by atoms with E-state index in [1.165, 1.54) is 12.1 Å². The Morgan fingerprint density at radius 2 is 2.04 bits per heavy atom. The zero-order valence-electron chi connectivity index (χ0n) is 13.2. The summed E-state index contributed by atoms with van der Waals surface area (Å²) in [5, 5.41) is 2.79. The number of amides is 1. The summed E-state index contributed by atoms with van der Waals surface area (Å²) in [6, 6.07) is 9.08. The van der Waals surface area contributed by atoms with Crippen molar-refractivity contribution in [2.75, 3.05) is 6.61 Å².